The zero-order chi connectivity index (χ0) is 41.8. The number of aliphatic imine (C=N–C) groups is 1. The number of primary amides is 2. The van der Waals surface area contributed by atoms with Crippen LogP contribution in [0.2, 0.25) is 0 Å². The summed E-state index contributed by atoms with van der Waals surface area (Å²) in [6, 6.07) is -3.74. The summed E-state index contributed by atoms with van der Waals surface area (Å²) >= 11 is 0. The van der Waals surface area contributed by atoms with Crippen molar-refractivity contribution in [3.8, 4) is 5.75 Å². The summed E-state index contributed by atoms with van der Waals surface area (Å²) in [6.07, 6.45) is -1.66. The van der Waals surface area contributed by atoms with Gasteiger partial charge in [0.15, 0.2) is 5.96 Å². The number of guanidine groups is 1. The highest BCUT2D eigenvalue weighted by Gasteiger charge is 2.33. The number of benzene rings is 1. The molecule has 0 aliphatic rings. The van der Waals surface area contributed by atoms with Gasteiger partial charge in [-0.2, -0.15) is 0 Å². The normalized spacial score (nSPS) is 13.9. The van der Waals surface area contributed by atoms with Crippen molar-refractivity contribution in [3.63, 3.8) is 0 Å². The van der Waals surface area contributed by atoms with Crippen LogP contribution < -0.4 is 54.8 Å². The summed E-state index contributed by atoms with van der Waals surface area (Å²) in [5, 5.41) is 42.7. The van der Waals surface area contributed by atoms with Crippen molar-refractivity contribution in [2.75, 3.05) is 13.2 Å². The molecule has 6 unspecified atom stereocenters. The van der Waals surface area contributed by atoms with E-state index in [4.69, 9.17) is 22.9 Å². The molecule has 0 heterocycles. The minimum Gasteiger partial charge on any atom is -0.508 e. The molecule has 23 nitrogen and oxygen atoms in total. The molecule has 1 aromatic carbocycles. The van der Waals surface area contributed by atoms with Crippen molar-refractivity contribution < 1.29 is 58.5 Å². The molecule has 0 bridgehead atoms. The molecule has 0 spiro atoms. The van der Waals surface area contributed by atoms with Gasteiger partial charge < -0.3 is 70.2 Å². The number of rotatable bonds is 24. The molecule has 23 heteroatoms. The molecule has 55 heavy (non-hydrogen) atoms. The number of carbonyl (C=O) groups is 9. The molecule has 0 aliphatic carbocycles. The average Bonchev–Trinajstić information content (AvgIpc) is 3.09. The number of aromatic hydroxyl groups is 1. The Morgan fingerprint density at radius 2 is 1.18 bits per heavy atom. The second-order valence-corrected chi connectivity index (χ2v) is 12.2. The number of nitrogens with two attached hydrogens (primary N) is 4. The summed E-state index contributed by atoms with van der Waals surface area (Å²) in [6.45, 7) is 1.55. The van der Waals surface area contributed by atoms with E-state index in [0.717, 1.165) is 0 Å². The lowest BCUT2D eigenvalue weighted by atomic mass is 10.0. The number of carboxylic acids is 1. The highest BCUT2D eigenvalue weighted by molar-refractivity contribution is 5.98. The molecule has 6 atom stereocenters. The van der Waals surface area contributed by atoms with Gasteiger partial charge in [-0.25, -0.2) is 4.79 Å². The first-order valence-electron chi connectivity index (χ1n) is 16.8. The first-order chi connectivity index (χ1) is 25.7. The van der Waals surface area contributed by atoms with Gasteiger partial charge in [0.2, 0.25) is 47.3 Å². The zero-order valence-electron chi connectivity index (χ0n) is 30.2. The molecule has 304 valence electrons. The van der Waals surface area contributed by atoms with Crippen molar-refractivity contribution in [2.24, 2.45) is 27.9 Å². The molecule has 0 saturated heterocycles. The Kier molecular flexibility index (Phi) is 19.6. The van der Waals surface area contributed by atoms with Crippen LogP contribution in [0.5, 0.6) is 5.75 Å². The van der Waals surface area contributed by atoms with Gasteiger partial charge in [-0.05, 0) is 43.9 Å². The molecular formula is C32H49N11O12. The van der Waals surface area contributed by atoms with E-state index in [-0.39, 0.29) is 37.5 Å². The van der Waals surface area contributed by atoms with Crippen LogP contribution >= 0.6 is 0 Å². The Bertz CT molecular complexity index is 1580. The summed E-state index contributed by atoms with van der Waals surface area (Å²) in [7, 11) is 0. The number of carbonyl (C=O) groups excluding carboxylic acids is 8. The fraction of sp³-hybridized carbons (Fsp3) is 0.500. The number of hydrogen-bond donors (Lipinski definition) is 13. The Hall–Kier alpha value is -6.52. The second kappa shape index (κ2) is 23.2. The summed E-state index contributed by atoms with van der Waals surface area (Å²) < 4.78 is 0. The second-order valence-electron chi connectivity index (χ2n) is 12.2. The molecule has 0 saturated carbocycles. The summed E-state index contributed by atoms with van der Waals surface area (Å²) in [5.41, 5.74) is 21.4. The fourth-order valence-corrected chi connectivity index (χ4v) is 4.74. The maximum atomic E-state index is 13.4. The Morgan fingerprint density at radius 3 is 1.71 bits per heavy atom. The van der Waals surface area contributed by atoms with Gasteiger partial charge in [-0.1, -0.05) is 12.1 Å². The Labute approximate surface area is 314 Å². The molecule has 1 aromatic rings. The van der Waals surface area contributed by atoms with Crippen LogP contribution in [0.25, 0.3) is 0 Å². The van der Waals surface area contributed by atoms with Crippen LogP contribution in [-0.4, -0.2) is 124 Å². The van der Waals surface area contributed by atoms with Gasteiger partial charge in [0.05, 0.1) is 13.0 Å². The van der Waals surface area contributed by atoms with Crippen molar-refractivity contribution in [1.29, 1.82) is 0 Å². The van der Waals surface area contributed by atoms with Crippen molar-refractivity contribution in [2.45, 2.75) is 88.6 Å². The minimum atomic E-state index is -1.77. The van der Waals surface area contributed by atoms with Gasteiger partial charge in [-0.3, -0.25) is 43.3 Å². The molecule has 0 aromatic heterocycles. The maximum Gasteiger partial charge on any atom is 0.326 e. The number of hydrogen-bond acceptors (Lipinski definition) is 12. The third-order valence-electron chi connectivity index (χ3n) is 7.55. The van der Waals surface area contributed by atoms with Crippen LogP contribution in [0.3, 0.4) is 0 Å². The van der Waals surface area contributed by atoms with Crippen molar-refractivity contribution in [3.05, 3.63) is 29.8 Å². The van der Waals surface area contributed by atoms with E-state index in [2.05, 4.69) is 36.9 Å². The number of carboxylic acid groups (broad SMARTS) is 1. The van der Waals surface area contributed by atoms with E-state index in [9.17, 15) is 58.5 Å². The van der Waals surface area contributed by atoms with Gasteiger partial charge in [-0.15, -0.1) is 0 Å². The number of phenols is 1. The van der Waals surface area contributed by atoms with Crippen LogP contribution in [0.15, 0.2) is 29.3 Å². The first-order valence-corrected chi connectivity index (χ1v) is 16.8. The number of nitrogens with one attached hydrogen (secondary N) is 6. The van der Waals surface area contributed by atoms with Crippen LogP contribution in [0, 0.1) is 0 Å². The maximum absolute atomic E-state index is 13.4. The van der Waals surface area contributed by atoms with Gasteiger partial charge in [0.1, 0.15) is 42.0 Å². The topological polar surface area (TPSA) is 403 Å². The van der Waals surface area contributed by atoms with Crippen LogP contribution in [-0.2, 0) is 49.6 Å². The Morgan fingerprint density at radius 1 is 0.673 bits per heavy atom. The molecule has 0 fully saturated rings. The molecule has 0 radical (unpaired) electrons. The first kappa shape index (κ1) is 46.5. The van der Waals surface area contributed by atoms with E-state index in [1.165, 1.54) is 38.1 Å². The minimum absolute atomic E-state index is 0.0879. The number of nitrogens with zero attached hydrogens (tertiary/aromatic N) is 1. The molecule has 0 aliphatic heterocycles. The van der Waals surface area contributed by atoms with Crippen LogP contribution in [0.4, 0.5) is 0 Å². The lowest BCUT2D eigenvalue weighted by molar-refractivity contribution is -0.142. The smallest absolute Gasteiger partial charge is 0.326 e. The van der Waals surface area contributed by atoms with Crippen LogP contribution in [0.1, 0.15) is 51.5 Å². The number of aliphatic hydroxyl groups excluding tert-OH is 1. The lowest BCUT2D eigenvalue weighted by Crippen LogP contribution is -2.60. The monoisotopic (exact) mass is 779 g/mol. The van der Waals surface area contributed by atoms with Crippen molar-refractivity contribution >= 4 is 59.2 Å². The van der Waals surface area contributed by atoms with E-state index in [1.54, 1.807) is 0 Å². The van der Waals surface area contributed by atoms with Gasteiger partial charge >= 0.3 is 5.97 Å². The number of aliphatic hydroxyl groups is 1. The standard InChI is InChI=1S/C32H49N11O12/c1-15(38-27(50)19(39-16(2)45)4-3-11-37-32(35)36)26(49)43-23(14-44)30(53)40-20(9-10-24(33)47)28(51)41-21(13-25(34)48)29(52)42-22(31(54)55)12-17-5-7-18(46)8-6-17/h5-8,15,19-23,44,46H,3-4,9-14H2,1-2H3,(H2,33,47)(H2,34,48)(H,38,50)(H,39,45)(H,40,53)(H,41,51)(H,42,52)(H,43,49)(H,54,55)(H4,35,36,37). The molecule has 17 N–H and O–H groups in total. The third kappa shape index (κ3) is 18.2. The van der Waals surface area contributed by atoms with E-state index in [0.29, 0.717) is 5.56 Å². The number of amides is 8. The summed E-state index contributed by atoms with van der Waals surface area (Å²) in [5.74, 6) is -9.46. The zero-order valence-corrected chi connectivity index (χ0v) is 30.2. The van der Waals surface area contributed by atoms with E-state index >= 15 is 0 Å². The van der Waals surface area contributed by atoms with E-state index in [1.807, 2.05) is 0 Å². The van der Waals surface area contributed by atoms with E-state index < -0.39 is 115 Å². The predicted octanol–water partition coefficient (Wildman–Crippen LogP) is -5.85. The number of aliphatic carboxylic acids is 1. The average molecular weight is 780 g/mol. The highest BCUT2D eigenvalue weighted by Crippen LogP contribution is 2.12. The van der Waals surface area contributed by atoms with Gasteiger partial charge in [0, 0.05) is 26.3 Å². The largest absolute Gasteiger partial charge is 0.508 e. The molecular weight excluding hydrogens is 730 g/mol. The molecule has 1 rings (SSSR count). The third-order valence-corrected chi connectivity index (χ3v) is 7.55. The number of phenolic OH excluding ortho intramolecular Hbond substituents is 1. The van der Waals surface area contributed by atoms with Gasteiger partial charge in [0.25, 0.3) is 0 Å². The quantitative estimate of drug-likeness (QED) is 0.0264. The highest BCUT2D eigenvalue weighted by atomic mass is 16.4. The molecule has 8 amide bonds. The fourth-order valence-electron chi connectivity index (χ4n) is 4.74. The summed E-state index contributed by atoms with van der Waals surface area (Å²) in [4.78, 5) is 116. The lowest BCUT2D eigenvalue weighted by Gasteiger charge is -2.26. The van der Waals surface area contributed by atoms with Crippen molar-refractivity contribution in [1.82, 2.24) is 31.9 Å². The predicted molar refractivity (Wildman–Crippen MR) is 192 cm³/mol. The SMILES string of the molecule is CC(=O)NC(CCCN=C(N)N)C(=O)NC(C)C(=O)NC(CO)C(=O)NC(CCC(N)=O)C(=O)NC(CC(N)=O)C(=O)NC(Cc1ccc(O)cc1)C(=O)O. The Balaban J connectivity index is 3.08.